The number of hydrogen-bond acceptors (Lipinski definition) is 6. The second kappa shape index (κ2) is 17.9. The van der Waals surface area contributed by atoms with Crippen LogP contribution < -0.4 is 5.32 Å². The molecule has 0 spiro atoms. The second-order valence-electron chi connectivity index (χ2n) is 11.4. The van der Waals surface area contributed by atoms with Crippen molar-refractivity contribution in [2.24, 2.45) is 11.8 Å². The van der Waals surface area contributed by atoms with Crippen LogP contribution in [0.2, 0.25) is 0 Å². The van der Waals surface area contributed by atoms with E-state index in [-0.39, 0.29) is 49.9 Å². The van der Waals surface area contributed by atoms with Crippen molar-refractivity contribution in [2.75, 3.05) is 26.9 Å². The molecule has 2 amide bonds. The van der Waals surface area contributed by atoms with Crippen LogP contribution in [0, 0.1) is 11.8 Å². The molecule has 0 aliphatic carbocycles. The number of amides is 2. The zero-order valence-electron chi connectivity index (χ0n) is 25.9. The van der Waals surface area contributed by atoms with E-state index in [1.165, 1.54) is 7.11 Å². The second-order valence-corrected chi connectivity index (χ2v) is 11.4. The van der Waals surface area contributed by atoms with Gasteiger partial charge in [-0.2, -0.15) is 0 Å². The molecular weight excluding hydrogens is 568 g/mol. The highest BCUT2D eigenvalue weighted by Crippen LogP contribution is 2.27. The predicted octanol–water partition coefficient (Wildman–Crippen LogP) is 5.03. The van der Waals surface area contributed by atoms with Gasteiger partial charge in [-0.25, -0.2) is 0 Å². The Bertz CT molecular complexity index is 1370. The van der Waals surface area contributed by atoms with Crippen molar-refractivity contribution in [2.45, 2.75) is 50.8 Å². The van der Waals surface area contributed by atoms with Crippen LogP contribution in [0.15, 0.2) is 103 Å². The van der Waals surface area contributed by atoms with E-state index in [0.717, 1.165) is 16.7 Å². The highest BCUT2D eigenvalue weighted by atomic mass is 16.5. The number of hydrogen-bond donors (Lipinski definition) is 2. The van der Waals surface area contributed by atoms with Gasteiger partial charge in [0.25, 0.3) is 0 Å². The number of cyclic esters (lactones) is 1. The molecule has 8 heteroatoms. The van der Waals surface area contributed by atoms with E-state index in [4.69, 9.17) is 9.47 Å². The summed E-state index contributed by atoms with van der Waals surface area (Å²) in [5.41, 5.74) is 2.73. The van der Waals surface area contributed by atoms with Crippen molar-refractivity contribution in [3.63, 3.8) is 0 Å². The molecule has 0 aromatic heterocycles. The van der Waals surface area contributed by atoms with Crippen molar-refractivity contribution in [3.05, 3.63) is 120 Å². The molecule has 1 aliphatic heterocycles. The Hall–Kier alpha value is -4.27. The predicted molar refractivity (Wildman–Crippen MR) is 173 cm³/mol. The first kappa shape index (κ1) is 33.6. The molecule has 8 nitrogen and oxygen atoms in total. The Morgan fingerprint density at radius 1 is 0.911 bits per heavy atom. The van der Waals surface area contributed by atoms with Gasteiger partial charge in [0.1, 0.15) is 6.10 Å². The average Bonchev–Trinajstić information content (AvgIpc) is 3.07. The lowest BCUT2D eigenvalue weighted by Gasteiger charge is -2.31. The zero-order valence-corrected chi connectivity index (χ0v) is 25.9. The van der Waals surface area contributed by atoms with Crippen LogP contribution in [0.5, 0.6) is 0 Å². The lowest BCUT2D eigenvalue weighted by atomic mass is 9.94. The standard InChI is InChI=1S/C37H44N2O6/c1-44-27-33-35(30-18-10-4-11-19-30)45-37(43)32(24-28-14-6-2-7-15-28)21-13-5-12-20-31(36(42)38-33)25-34(41)39(22-23-40)26-29-16-8-3-9-17-29/h2-12,14-19,31-33,35,40H,13,20-27H2,1H3,(H,38,42)/t31-,32-,33+,35+/m1/s1. The summed E-state index contributed by atoms with van der Waals surface area (Å²) < 4.78 is 11.8. The van der Waals surface area contributed by atoms with E-state index < -0.39 is 18.1 Å². The SMILES string of the molecule is COC[C@@H]1NC(=O)[C@@H](CC(=O)N(CCO)Cc2ccccc2)CC=CCC[C@H](Cc2ccccc2)C(=O)O[C@H]1c1ccccc1. The first-order valence-electron chi connectivity index (χ1n) is 15.6. The summed E-state index contributed by atoms with van der Waals surface area (Å²) in [5, 5.41) is 12.8. The minimum atomic E-state index is -0.796. The van der Waals surface area contributed by atoms with Gasteiger partial charge in [-0.3, -0.25) is 14.4 Å². The number of nitrogens with zero attached hydrogens (tertiary/aromatic N) is 1. The molecule has 0 radical (unpaired) electrons. The van der Waals surface area contributed by atoms with Crippen LogP contribution in [0.3, 0.4) is 0 Å². The van der Waals surface area contributed by atoms with E-state index in [0.29, 0.717) is 32.2 Å². The third-order valence-corrected chi connectivity index (χ3v) is 8.07. The monoisotopic (exact) mass is 612 g/mol. The molecule has 0 saturated carbocycles. The molecular formula is C37H44N2O6. The number of carbonyl (C=O) groups is 3. The Morgan fingerprint density at radius 2 is 1.56 bits per heavy atom. The van der Waals surface area contributed by atoms with Gasteiger partial charge in [-0.05, 0) is 42.4 Å². The molecule has 2 N–H and O–H groups in total. The van der Waals surface area contributed by atoms with Crippen LogP contribution >= 0.6 is 0 Å². The van der Waals surface area contributed by atoms with E-state index >= 15 is 0 Å². The van der Waals surface area contributed by atoms with Crippen LogP contribution in [0.1, 0.15) is 48.5 Å². The molecule has 0 fully saturated rings. The van der Waals surface area contributed by atoms with Gasteiger partial charge < -0.3 is 24.8 Å². The number of aliphatic hydroxyl groups excluding tert-OH is 1. The van der Waals surface area contributed by atoms with Crippen LogP contribution in [0.4, 0.5) is 0 Å². The first-order valence-corrected chi connectivity index (χ1v) is 15.6. The topological polar surface area (TPSA) is 105 Å². The largest absolute Gasteiger partial charge is 0.455 e. The van der Waals surface area contributed by atoms with Crippen LogP contribution in [-0.2, 0) is 36.8 Å². The molecule has 238 valence electrons. The summed E-state index contributed by atoms with van der Waals surface area (Å²) in [6.07, 6.45) is 5.16. The minimum Gasteiger partial charge on any atom is -0.455 e. The maximum Gasteiger partial charge on any atom is 0.309 e. The molecule has 0 saturated heterocycles. The van der Waals surface area contributed by atoms with E-state index in [9.17, 15) is 19.5 Å². The van der Waals surface area contributed by atoms with Crippen molar-refractivity contribution < 1.29 is 29.0 Å². The van der Waals surface area contributed by atoms with Gasteiger partial charge in [0, 0.05) is 26.6 Å². The van der Waals surface area contributed by atoms with E-state index in [1.54, 1.807) is 4.90 Å². The number of aliphatic hydroxyl groups is 1. The number of rotatable bonds is 11. The van der Waals surface area contributed by atoms with Crippen LogP contribution in [0.25, 0.3) is 0 Å². The highest BCUT2D eigenvalue weighted by molar-refractivity contribution is 5.86. The highest BCUT2D eigenvalue weighted by Gasteiger charge is 2.34. The number of benzene rings is 3. The maximum absolute atomic E-state index is 13.9. The molecule has 0 unspecified atom stereocenters. The number of allylic oxidation sites excluding steroid dienone is 2. The Kier molecular flexibility index (Phi) is 13.4. The zero-order chi connectivity index (χ0) is 31.9. The Balaban J connectivity index is 1.61. The Morgan fingerprint density at radius 3 is 2.20 bits per heavy atom. The third kappa shape index (κ3) is 10.4. The minimum absolute atomic E-state index is 0.0326. The van der Waals surface area contributed by atoms with Gasteiger partial charge >= 0.3 is 5.97 Å². The van der Waals surface area contributed by atoms with E-state index in [1.807, 2.05) is 103 Å². The molecule has 45 heavy (non-hydrogen) atoms. The van der Waals surface area contributed by atoms with Gasteiger partial charge in [0.05, 0.1) is 31.1 Å². The van der Waals surface area contributed by atoms with E-state index in [2.05, 4.69) is 5.32 Å². The number of nitrogens with one attached hydrogen (secondary N) is 1. The number of carbonyl (C=O) groups excluding carboxylic acids is 3. The fourth-order valence-electron chi connectivity index (χ4n) is 5.65. The number of ether oxygens (including phenoxy) is 2. The molecule has 3 aromatic carbocycles. The Labute approximate surface area is 266 Å². The van der Waals surface area contributed by atoms with Gasteiger partial charge in [-0.1, -0.05) is 103 Å². The van der Waals surface area contributed by atoms with Gasteiger partial charge in [0.15, 0.2) is 0 Å². The van der Waals surface area contributed by atoms with Gasteiger partial charge in [-0.15, -0.1) is 0 Å². The molecule has 1 aliphatic rings. The summed E-state index contributed by atoms with van der Waals surface area (Å²) in [6, 6.07) is 28.1. The smallest absolute Gasteiger partial charge is 0.309 e. The summed E-state index contributed by atoms with van der Waals surface area (Å²) in [5.74, 6) is -1.93. The van der Waals surface area contributed by atoms with Crippen LogP contribution in [-0.4, -0.2) is 60.7 Å². The quantitative estimate of drug-likeness (QED) is 0.233. The fraction of sp³-hybridized carbons (Fsp3) is 0.378. The van der Waals surface area contributed by atoms with Crippen molar-refractivity contribution in [1.29, 1.82) is 0 Å². The summed E-state index contributed by atoms with van der Waals surface area (Å²) in [7, 11) is 1.54. The molecule has 4 rings (SSSR count). The molecule has 1 heterocycles. The average molecular weight is 613 g/mol. The van der Waals surface area contributed by atoms with Crippen molar-refractivity contribution >= 4 is 17.8 Å². The van der Waals surface area contributed by atoms with Crippen molar-refractivity contribution in [3.8, 4) is 0 Å². The normalized spacial score (nSPS) is 21.0. The lowest BCUT2D eigenvalue weighted by molar-refractivity contribution is -0.158. The number of esters is 1. The van der Waals surface area contributed by atoms with Crippen molar-refractivity contribution in [1.82, 2.24) is 10.2 Å². The molecule has 4 atom stereocenters. The fourth-order valence-corrected chi connectivity index (χ4v) is 5.65. The molecule has 3 aromatic rings. The molecule has 0 bridgehead atoms. The first-order chi connectivity index (χ1) is 22.0. The van der Waals surface area contributed by atoms with Gasteiger partial charge in [0.2, 0.25) is 11.8 Å². The lowest BCUT2D eigenvalue weighted by Crippen LogP contribution is -2.47. The number of methoxy groups -OCH3 is 1. The summed E-state index contributed by atoms with van der Waals surface area (Å²) in [6.45, 7) is 0.424. The third-order valence-electron chi connectivity index (χ3n) is 8.07. The summed E-state index contributed by atoms with van der Waals surface area (Å²) in [4.78, 5) is 42.8. The summed E-state index contributed by atoms with van der Waals surface area (Å²) >= 11 is 0. The maximum atomic E-state index is 13.9.